The van der Waals surface area contributed by atoms with Gasteiger partial charge in [-0.25, -0.2) is 0 Å². The second-order valence-electron chi connectivity index (χ2n) is 6.45. The minimum atomic E-state index is 0. The Morgan fingerprint density at radius 2 is 1.46 bits per heavy atom. The number of halogens is 1. The number of hydrogen-bond acceptors (Lipinski definition) is 2. The molecule has 3 aromatic rings. The molecule has 0 spiro atoms. The Morgan fingerprint density at radius 1 is 0.833 bits per heavy atom. The van der Waals surface area contributed by atoms with Crippen LogP contribution in [0.2, 0.25) is 0 Å². The van der Waals surface area contributed by atoms with Crippen molar-refractivity contribution in [2.45, 2.75) is 19.3 Å². The van der Waals surface area contributed by atoms with Crippen LogP contribution in [0.5, 0.6) is 0 Å². The molecule has 0 aliphatic carbocycles. The third-order valence-corrected chi connectivity index (χ3v) is 4.88. The molecule has 1 aliphatic heterocycles. The number of ketones is 1. The highest BCUT2D eigenvalue weighted by molar-refractivity contribution is 6.18. The largest absolute Gasteiger partial charge is 0.296 e. The van der Waals surface area contributed by atoms with Gasteiger partial charge in [0.05, 0.1) is 6.54 Å². The van der Waals surface area contributed by atoms with E-state index in [1.165, 1.54) is 30.0 Å². The lowest BCUT2D eigenvalue weighted by molar-refractivity contribution is 0.0917. The Hall–Kier alpha value is -1.90. The van der Waals surface area contributed by atoms with E-state index in [9.17, 15) is 4.79 Å². The van der Waals surface area contributed by atoms with Gasteiger partial charge < -0.3 is 0 Å². The summed E-state index contributed by atoms with van der Waals surface area (Å²) in [5, 5.41) is 4.62. The Labute approximate surface area is 148 Å². The number of fused-ring (bicyclic) bond motifs is 3. The molecule has 0 saturated carbocycles. The van der Waals surface area contributed by atoms with Crippen molar-refractivity contribution in [3.63, 3.8) is 0 Å². The van der Waals surface area contributed by atoms with Crippen LogP contribution in [0.1, 0.15) is 29.6 Å². The molecule has 1 aliphatic rings. The average Bonchev–Trinajstić information content (AvgIpc) is 2.62. The van der Waals surface area contributed by atoms with E-state index < -0.39 is 0 Å². The number of likely N-dealkylation sites (tertiary alicyclic amines) is 1. The van der Waals surface area contributed by atoms with Crippen LogP contribution in [0.15, 0.2) is 54.6 Å². The van der Waals surface area contributed by atoms with Gasteiger partial charge in [-0.3, -0.25) is 9.69 Å². The minimum Gasteiger partial charge on any atom is -0.296 e. The predicted octanol–water partition coefficient (Wildman–Crippen LogP) is 5.08. The first kappa shape index (κ1) is 16.9. The molecular formula is C21H22ClNO. The first-order valence-corrected chi connectivity index (χ1v) is 8.49. The number of hydrogen-bond donors (Lipinski definition) is 0. The van der Waals surface area contributed by atoms with E-state index in [-0.39, 0.29) is 18.2 Å². The van der Waals surface area contributed by atoms with Gasteiger partial charge in [0.25, 0.3) is 0 Å². The van der Waals surface area contributed by atoms with Gasteiger partial charge >= 0.3 is 0 Å². The van der Waals surface area contributed by atoms with Crippen LogP contribution >= 0.6 is 12.4 Å². The van der Waals surface area contributed by atoms with Gasteiger partial charge in [0.1, 0.15) is 0 Å². The quantitative estimate of drug-likeness (QED) is 0.489. The lowest BCUT2D eigenvalue weighted by Crippen LogP contribution is -2.34. The molecule has 0 bridgehead atoms. The summed E-state index contributed by atoms with van der Waals surface area (Å²) >= 11 is 0. The molecule has 1 fully saturated rings. The fraction of sp³-hybridized carbons (Fsp3) is 0.286. The maximum absolute atomic E-state index is 12.9. The van der Waals surface area contributed by atoms with Crippen LogP contribution in [-0.4, -0.2) is 30.3 Å². The highest BCUT2D eigenvalue weighted by atomic mass is 35.5. The van der Waals surface area contributed by atoms with E-state index in [2.05, 4.69) is 41.3 Å². The zero-order valence-corrected chi connectivity index (χ0v) is 14.5. The van der Waals surface area contributed by atoms with Gasteiger partial charge in [0.15, 0.2) is 5.78 Å². The summed E-state index contributed by atoms with van der Waals surface area (Å²) < 4.78 is 0. The standard InChI is InChI=1S/C21H21NO.ClH/c23-21(15-22-12-6-1-7-13-22)20-14-16-8-2-3-9-17(16)18-10-4-5-11-19(18)20;/h2-5,8-11,14H,1,6-7,12-13,15H2;1H. The average molecular weight is 340 g/mol. The molecule has 124 valence electrons. The molecule has 0 atom stereocenters. The monoisotopic (exact) mass is 339 g/mol. The smallest absolute Gasteiger partial charge is 0.177 e. The third-order valence-electron chi connectivity index (χ3n) is 4.88. The molecule has 24 heavy (non-hydrogen) atoms. The van der Waals surface area contributed by atoms with Crippen LogP contribution in [-0.2, 0) is 0 Å². The Morgan fingerprint density at radius 3 is 2.21 bits per heavy atom. The van der Waals surface area contributed by atoms with Gasteiger partial charge in [0, 0.05) is 5.56 Å². The molecule has 0 aromatic heterocycles. The summed E-state index contributed by atoms with van der Waals surface area (Å²) in [4.78, 5) is 15.2. The van der Waals surface area contributed by atoms with Gasteiger partial charge in [-0.2, -0.15) is 0 Å². The zero-order chi connectivity index (χ0) is 15.6. The number of Topliss-reactive ketones (excluding diaryl/α,β-unsaturated/α-hetero) is 1. The molecule has 0 amide bonds. The second-order valence-corrected chi connectivity index (χ2v) is 6.45. The van der Waals surface area contributed by atoms with Crippen LogP contribution in [0, 0.1) is 0 Å². The minimum absolute atomic E-state index is 0. The van der Waals surface area contributed by atoms with Crippen molar-refractivity contribution < 1.29 is 4.79 Å². The maximum Gasteiger partial charge on any atom is 0.177 e. The highest BCUT2D eigenvalue weighted by Gasteiger charge is 2.17. The SMILES string of the molecule is Cl.O=C(CN1CCCCC1)c1cc2ccccc2c2ccccc12. The van der Waals surface area contributed by atoms with Gasteiger partial charge in [-0.1, -0.05) is 55.0 Å². The van der Waals surface area contributed by atoms with E-state index in [1.807, 2.05) is 18.2 Å². The normalized spacial score (nSPS) is 15.3. The summed E-state index contributed by atoms with van der Waals surface area (Å²) in [5.41, 5.74) is 0.866. The number of piperidine rings is 1. The molecular weight excluding hydrogens is 318 g/mol. The van der Waals surface area contributed by atoms with Crippen molar-refractivity contribution >= 4 is 39.7 Å². The van der Waals surface area contributed by atoms with Crippen LogP contribution < -0.4 is 0 Å². The topological polar surface area (TPSA) is 20.3 Å². The Bertz CT molecular complexity index is 868. The van der Waals surface area contributed by atoms with Crippen LogP contribution in [0.25, 0.3) is 21.5 Å². The van der Waals surface area contributed by atoms with E-state index in [0.717, 1.165) is 29.4 Å². The first-order chi connectivity index (χ1) is 11.3. The molecule has 0 radical (unpaired) electrons. The van der Waals surface area contributed by atoms with E-state index in [4.69, 9.17) is 0 Å². The van der Waals surface area contributed by atoms with Crippen molar-refractivity contribution in [3.8, 4) is 0 Å². The summed E-state index contributed by atoms with van der Waals surface area (Å²) in [5.74, 6) is 0.244. The Kier molecular flexibility index (Phi) is 5.17. The molecule has 0 N–H and O–H groups in total. The Balaban J connectivity index is 0.00000169. The van der Waals surface area contributed by atoms with E-state index in [0.29, 0.717) is 6.54 Å². The van der Waals surface area contributed by atoms with Crippen molar-refractivity contribution in [1.29, 1.82) is 0 Å². The van der Waals surface area contributed by atoms with Crippen LogP contribution in [0.4, 0.5) is 0 Å². The van der Waals surface area contributed by atoms with Crippen molar-refractivity contribution in [2.24, 2.45) is 0 Å². The number of rotatable bonds is 3. The molecule has 3 heteroatoms. The number of benzene rings is 3. The fourth-order valence-corrected chi connectivity index (χ4v) is 3.69. The summed E-state index contributed by atoms with van der Waals surface area (Å²) in [7, 11) is 0. The molecule has 3 aromatic carbocycles. The van der Waals surface area contributed by atoms with Crippen LogP contribution in [0.3, 0.4) is 0 Å². The molecule has 4 rings (SSSR count). The fourth-order valence-electron chi connectivity index (χ4n) is 3.69. The predicted molar refractivity (Wildman–Crippen MR) is 103 cm³/mol. The second kappa shape index (κ2) is 7.33. The zero-order valence-electron chi connectivity index (χ0n) is 13.7. The van der Waals surface area contributed by atoms with Gasteiger partial charge in [-0.05, 0) is 53.5 Å². The third kappa shape index (κ3) is 3.17. The van der Waals surface area contributed by atoms with Gasteiger partial charge in [-0.15, -0.1) is 12.4 Å². The summed E-state index contributed by atoms with van der Waals surface area (Å²) in [6.07, 6.45) is 3.72. The number of carbonyl (C=O) groups is 1. The lowest BCUT2D eigenvalue weighted by atomic mass is 9.95. The molecule has 0 unspecified atom stereocenters. The number of nitrogens with zero attached hydrogens (tertiary/aromatic N) is 1. The first-order valence-electron chi connectivity index (χ1n) is 8.49. The van der Waals surface area contributed by atoms with E-state index >= 15 is 0 Å². The van der Waals surface area contributed by atoms with Crippen molar-refractivity contribution in [3.05, 3.63) is 60.2 Å². The van der Waals surface area contributed by atoms with Crippen molar-refractivity contribution in [1.82, 2.24) is 4.90 Å². The maximum atomic E-state index is 12.9. The summed E-state index contributed by atoms with van der Waals surface area (Å²) in [6, 6.07) is 18.7. The number of carbonyl (C=O) groups excluding carboxylic acids is 1. The van der Waals surface area contributed by atoms with E-state index in [1.54, 1.807) is 0 Å². The lowest BCUT2D eigenvalue weighted by Gasteiger charge is -2.25. The van der Waals surface area contributed by atoms with Gasteiger partial charge in [0.2, 0.25) is 0 Å². The highest BCUT2D eigenvalue weighted by Crippen LogP contribution is 2.29. The molecule has 1 saturated heterocycles. The molecule has 2 nitrogen and oxygen atoms in total. The summed E-state index contributed by atoms with van der Waals surface area (Å²) in [6.45, 7) is 2.65. The molecule has 1 heterocycles. The van der Waals surface area contributed by atoms with Crippen molar-refractivity contribution in [2.75, 3.05) is 19.6 Å².